The Morgan fingerprint density at radius 2 is 1.81 bits per heavy atom. The number of ketones is 1. The van der Waals surface area contributed by atoms with Crippen molar-refractivity contribution in [1.82, 2.24) is 0 Å². The summed E-state index contributed by atoms with van der Waals surface area (Å²) in [4.78, 5) is 12.7. The molecule has 2 aromatic carbocycles. The van der Waals surface area contributed by atoms with E-state index in [0.717, 1.165) is 26.7 Å². The smallest absolute Gasteiger partial charge is 0.185 e. The molecule has 2 aromatic rings. The van der Waals surface area contributed by atoms with E-state index < -0.39 is 5.92 Å². The molecule has 0 saturated carbocycles. The van der Waals surface area contributed by atoms with Crippen LogP contribution in [-0.2, 0) is 0 Å². The van der Waals surface area contributed by atoms with Gasteiger partial charge in [-0.15, -0.1) is 0 Å². The van der Waals surface area contributed by atoms with Crippen molar-refractivity contribution in [2.75, 3.05) is 0 Å². The Bertz CT molecular complexity index is 743. The van der Waals surface area contributed by atoms with E-state index >= 15 is 0 Å². The summed E-state index contributed by atoms with van der Waals surface area (Å²) in [6.07, 6.45) is 0. The third-order valence-electron chi connectivity index (χ3n) is 3.65. The number of halogens is 1. The summed E-state index contributed by atoms with van der Waals surface area (Å²) in [5.41, 5.74) is 4.60. The summed E-state index contributed by atoms with van der Waals surface area (Å²) in [6, 6.07) is 13.4. The minimum Gasteiger partial charge on any atom is -0.292 e. The quantitative estimate of drug-likeness (QED) is 0.747. The second kappa shape index (κ2) is 6.24. The summed E-state index contributed by atoms with van der Waals surface area (Å²) < 4.78 is 0.733. The Hall–Kier alpha value is -1.92. The van der Waals surface area contributed by atoms with E-state index in [4.69, 9.17) is 0 Å². The molecule has 3 heteroatoms. The van der Waals surface area contributed by atoms with E-state index in [2.05, 4.69) is 22.0 Å². The first-order chi connectivity index (χ1) is 9.93. The lowest BCUT2D eigenvalue weighted by molar-refractivity contribution is 0.0978. The Morgan fingerprint density at radius 3 is 2.38 bits per heavy atom. The van der Waals surface area contributed by atoms with Gasteiger partial charge in [-0.05, 0) is 55.2 Å². The molecule has 0 spiro atoms. The molecule has 0 bridgehead atoms. The number of Topliss-reactive ketones (excluding diaryl/α,β-unsaturated/α-hetero) is 1. The van der Waals surface area contributed by atoms with Gasteiger partial charge in [-0.3, -0.25) is 4.79 Å². The van der Waals surface area contributed by atoms with Gasteiger partial charge in [-0.25, -0.2) is 0 Å². The Labute approximate surface area is 133 Å². The number of nitriles is 1. The molecule has 2 rings (SSSR count). The number of carbonyl (C=O) groups excluding carboxylic acids is 1. The zero-order valence-corrected chi connectivity index (χ0v) is 13.9. The van der Waals surface area contributed by atoms with Gasteiger partial charge in [0.25, 0.3) is 0 Å². The molecule has 0 fully saturated rings. The minimum absolute atomic E-state index is 0.173. The molecule has 0 aliphatic carbocycles. The van der Waals surface area contributed by atoms with E-state index in [1.165, 1.54) is 0 Å². The van der Waals surface area contributed by atoms with Crippen LogP contribution < -0.4 is 0 Å². The zero-order chi connectivity index (χ0) is 15.6. The van der Waals surface area contributed by atoms with Crippen LogP contribution >= 0.6 is 15.9 Å². The maximum atomic E-state index is 12.7. The van der Waals surface area contributed by atoms with E-state index in [0.29, 0.717) is 5.56 Å². The summed E-state index contributed by atoms with van der Waals surface area (Å²) in [7, 11) is 0. The molecular formula is C18H16BrNO. The Kier molecular flexibility index (Phi) is 4.59. The number of carbonyl (C=O) groups is 1. The monoisotopic (exact) mass is 341 g/mol. The van der Waals surface area contributed by atoms with Crippen LogP contribution in [0.4, 0.5) is 0 Å². The van der Waals surface area contributed by atoms with Gasteiger partial charge in [-0.1, -0.05) is 40.2 Å². The van der Waals surface area contributed by atoms with Crippen LogP contribution in [0, 0.1) is 32.1 Å². The van der Waals surface area contributed by atoms with Crippen molar-refractivity contribution < 1.29 is 4.79 Å². The van der Waals surface area contributed by atoms with Gasteiger partial charge in [0, 0.05) is 10.0 Å². The molecule has 0 aliphatic rings. The molecule has 2 nitrogen and oxygen atoms in total. The maximum absolute atomic E-state index is 12.7. The van der Waals surface area contributed by atoms with Crippen LogP contribution in [0.1, 0.15) is 38.5 Å². The third-order valence-corrected chi connectivity index (χ3v) is 4.30. The minimum atomic E-state index is -0.775. The van der Waals surface area contributed by atoms with E-state index in [9.17, 15) is 10.1 Å². The average molecular weight is 342 g/mol. The van der Waals surface area contributed by atoms with E-state index in [1.54, 1.807) is 6.07 Å². The maximum Gasteiger partial charge on any atom is 0.185 e. The first-order valence-corrected chi connectivity index (χ1v) is 7.50. The highest BCUT2D eigenvalue weighted by molar-refractivity contribution is 9.10. The van der Waals surface area contributed by atoms with Gasteiger partial charge in [0.05, 0.1) is 6.07 Å². The summed E-state index contributed by atoms with van der Waals surface area (Å²) >= 11 is 3.41. The van der Waals surface area contributed by atoms with Gasteiger partial charge >= 0.3 is 0 Å². The fourth-order valence-corrected chi connectivity index (χ4v) is 2.89. The number of rotatable bonds is 3. The number of benzene rings is 2. The largest absolute Gasteiger partial charge is 0.292 e. The van der Waals surface area contributed by atoms with Crippen LogP contribution in [0.15, 0.2) is 40.9 Å². The van der Waals surface area contributed by atoms with Gasteiger partial charge in [-0.2, -0.15) is 5.26 Å². The highest BCUT2D eigenvalue weighted by Crippen LogP contribution is 2.27. The van der Waals surface area contributed by atoms with Crippen LogP contribution in [0.25, 0.3) is 0 Å². The molecule has 0 heterocycles. The third kappa shape index (κ3) is 3.22. The molecule has 0 aromatic heterocycles. The van der Waals surface area contributed by atoms with Crippen LogP contribution in [0.3, 0.4) is 0 Å². The molecule has 1 unspecified atom stereocenters. The van der Waals surface area contributed by atoms with Crippen molar-refractivity contribution in [3.63, 3.8) is 0 Å². The van der Waals surface area contributed by atoms with Crippen LogP contribution in [0.5, 0.6) is 0 Å². The topological polar surface area (TPSA) is 40.9 Å². The van der Waals surface area contributed by atoms with Crippen molar-refractivity contribution in [2.24, 2.45) is 0 Å². The second-order valence-electron chi connectivity index (χ2n) is 5.25. The molecule has 0 radical (unpaired) electrons. The van der Waals surface area contributed by atoms with E-state index in [1.807, 2.05) is 51.1 Å². The standard InChI is InChI=1S/C18H16BrNO/c1-11-4-7-15(17(19)8-11)18(21)16(10-20)14-6-5-12(2)13(3)9-14/h4-9,16H,1-3H3. The zero-order valence-electron chi connectivity index (χ0n) is 12.3. The highest BCUT2D eigenvalue weighted by Gasteiger charge is 2.23. The van der Waals surface area contributed by atoms with Gasteiger partial charge in [0.2, 0.25) is 0 Å². The molecule has 1 atom stereocenters. The second-order valence-corrected chi connectivity index (χ2v) is 6.11. The summed E-state index contributed by atoms with van der Waals surface area (Å²) in [5, 5.41) is 9.43. The molecule has 0 N–H and O–H groups in total. The Morgan fingerprint density at radius 1 is 1.10 bits per heavy atom. The van der Waals surface area contributed by atoms with Gasteiger partial charge in [0.1, 0.15) is 5.92 Å². The number of aryl methyl sites for hydroxylation is 3. The molecule has 21 heavy (non-hydrogen) atoms. The number of hydrogen-bond acceptors (Lipinski definition) is 2. The molecular weight excluding hydrogens is 326 g/mol. The van der Waals surface area contributed by atoms with Crippen molar-refractivity contribution >= 4 is 21.7 Å². The fraction of sp³-hybridized carbons (Fsp3) is 0.222. The summed E-state index contributed by atoms with van der Waals surface area (Å²) in [6.45, 7) is 5.96. The number of nitrogens with zero attached hydrogens (tertiary/aromatic N) is 1. The first kappa shape index (κ1) is 15.5. The van der Waals surface area contributed by atoms with Gasteiger partial charge in [0.15, 0.2) is 5.78 Å². The first-order valence-electron chi connectivity index (χ1n) is 6.71. The highest BCUT2D eigenvalue weighted by atomic mass is 79.9. The lowest BCUT2D eigenvalue weighted by Gasteiger charge is -2.12. The SMILES string of the molecule is Cc1ccc(C(=O)C(C#N)c2ccc(C)c(C)c2)c(Br)c1. The van der Waals surface area contributed by atoms with Crippen molar-refractivity contribution in [3.8, 4) is 6.07 Å². The predicted octanol–water partition coefficient (Wildman–Crippen LogP) is 4.86. The lowest BCUT2D eigenvalue weighted by Crippen LogP contribution is -2.12. The van der Waals surface area contributed by atoms with Crippen LogP contribution in [0.2, 0.25) is 0 Å². The molecule has 0 amide bonds. The summed E-state index contributed by atoms with van der Waals surface area (Å²) in [5.74, 6) is -0.948. The molecule has 0 saturated heterocycles. The van der Waals surface area contributed by atoms with E-state index in [-0.39, 0.29) is 5.78 Å². The number of hydrogen-bond donors (Lipinski definition) is 0. The van der Waals surface area contributed by atoms with Crippen molar-refractivity contribution in [3.05, 3.63) is 68.7 Å². The average Bonchev–Trinajstić information content (AvgIpc) is 2.43. The molecule has 0 aliphatic heterocycles. The lowest BCUT2D eigenvalue weighted by atomic mass is 9.90. The van der Waals surface area contributed by atoms with Crippen molar-refractivity contribution in [1.29, 1.82) is 5.26 Å². The Balaban J connectivity index is 2.43. The van der Waals surface area contributed by atoms with Crippen LogP contribution in [-0.4, -0.2) is 5.78 Å². The predicted molar refractivity (Wildman–Crippen MR) is 87.5 cm³/mol. The normalized spacial score (nSPS) is 11.8. The fourth-order valence-electron chi connectivity index (χ4n) is 2.20. The molecule has 106 valence electrons. The van der Waals surface area contributed by atoms with Gasteiger partial charge < -0.3 is 0 Å². The van der Waals surface area contributed by atoms with Crippen molar-refractivity contribution in [2.45, 2.75) is 26.7 Å².